The predicted octanol–water partition coefficient (Wildman–Crippen LogP) is 2.78. The number of aromatic hydroxyl groups is 1. The van der Waals surface area contributed by atoms with Crippen LogP contribution in [0.4, 0.5) is 0 Å². The van der Waals surface area contributed by atoms with Crippen molar-refractivity contribution in [1.29, 1.82) is 0 Å². The Bertz CT molecular complexity index is 970. The molecule has 2 N–H and O–H groups in total. The molecule has 1 aliphatic heterocycles. The minimum Gasteiger partial charge on any atom is -0.507 e. The van der Waals surface area contributed by atoms with Crippen LogP contribution in [0, 0.1) is 0 Å². The van der Waals surface area contributed by atoms with Crippen LogP contribution in [-0.2, 0) is 16.2 Å². The molecule has 1 heterocycles. The van der Waals surface area contributed by atoms with Gasteiger partial charge in [0, 0.05) is 18.2 Å². The van der Waals surface area contributed by atoms with Crippen LogP contribution in [-0.4, -0.2) is 33.5 Å². The second-order valence-electron chi connectivity index (χ2n) is 6.02. The second-order valence-corrected chi connectivity index (χ2v) is 6.40. The molecule has 0 unspecified atom stereocenters. The van der Waals surface area contributed by atoms with Crippen molar-refractivity contribution in [2.45, 2.75) is 6.61 Å². The first kappa shape index (κ1) is 19.3. The molecule has 0 aromatic heterocycles. The Balaban J connectivity index is 1.79. The van der Waals surface area contributed by atoms with Crippen LogP contribution in [0.5, 0.6) is 11.5 Å². The lowest BCUT2D eigenvalue weighted by Gasteiger charge is -2.27. The third-order valence-corrected chi connectivity index (χ3v) is 4.37. The molecule has 2 aromatic carbocycles. The largest absolute Gasteiger partial charge is 0.507 e. The maximum atomic E-state index is 12.5. The van der Waals surface area contributed by atoms with E-state index in [1.165, 1.54) is 23.1 Å². The lowest BCUT2D eigenvalue weighted by molar-refractivity contribution is -0.128. The van der Waals surface area contributed by atoms with E-state index < -0.39 is 11.8 Å². The highest BCUT2D eigenvalue weighted by atomic mass is 32.1. The summed E-state index contributed by atoms with van der Waals surface area (Å²) in [6.07, 6.45) is 2.83. The Hall–Kier alpha value is -3.45. The fourth-order valence-electron chi connectivity index (χ4n) is 2.62. The van der Waals surface area contributed by atoms with Gasteiger partial charge in [-0.2, -0.15) is 0 Å². The first-order valence-electron chi connectivity index (χ1n) is 8.49. The Morgan fingerprint density at radius 2 is 1.93 bits per heavy atom. The number of phenols is 1. The number of rotatable bonds is 6. The van der Waals surface area contributed by atoms with Crippen molar-refractivity contribution in [2.75, 3.05) is 6.54 Å². The third-order valence-electron chi connectivity index (χ3n) is 4.05. The van der Waals surface area contributed by atoms with Crippen LogP contribution in [0.15, 0.2) is 66.8 Å². The number of nitrogens with zero attached hydrogens (tertiary/aromatic N) is 1. The van der Waals surface area contributed by atoms with Gasteiger partial charge in [-0.15, -0.1) is 6.58 Å². The SMILES string of the molecule is C=CCN1C(=O)/C(=C/c2ccc(OCc3ccccc3)cc2O)C(=O)NC1=S. The van der Waals surface area contributed by atoms with E-state index in [2.05, 4.69) is 11.9 Å². The summed E-state index contributed by atoms with van der Waals surface area (Å²) in [5.41, 5.74) is 1.19. The second kappa shape index (κ2) is 8.49. The Labute approximate surface area is 167 Å². The first-order valence-corrected chi connectivity index (χ1v) is 8.90. The van der Waals surface area contributed by atoms with E-state index in [1.807, 2.05) is 30.3 Å². The molecule has 1 fully saturated rings. The van der Waals surface area contributed by atoms with Crippen LogP contribution in [0.25, 0.3) is 6.08 Å². The van der Waals surface area contributed by atoms with Crippen LogP contribution in [0.2, 0.25) is 0 Å². The van der Waals surface area contributed by atoms with Gasteiger partial charge in [-0.05, 0) is 36.0 Å². The summed E-state index contributed by atoms with van der Waals surface area (Å²) >= 11 is 5.01. The van der Waals surface area contributed by atoms with Gasteiger partial charge in [0.1, 0.15) is 23.7 Å². The van der Waals surface area contributed by atoms with E-state index in [0.29, 0.717) is 17.9 Å². The Morgan fingerprint density at radius 1 is 1.18 bits per heavy atom. The Morgan fingerprint density at radius 3 is 2.61 bits per heavy atom. The van der Waals surface area contributed by atoms with Crippen molar-refractivity contribution in [3.8, 4) is 11.5 Å². The first-order chi connectivity index (χ1) is 13.5. The summed E-state index contributed by atoms with van der Waals surface area (Å²) in [6, 6.07) is 14.3. The zero-order chi connectivity index (χ0) is 20.1. The summed E-state index contributed by atoms with van der Waals surface area (Å²) in [7, 11) is 0. The van der Waals surface area contributed by atoms with Crippen LogP contribution >= 0.6 is 12.2 Å². The van der Waals surface area contributed by atoms with E-state index in [-0.39, 0.29) is 23.0 Å². The van der Waals surface area contributed by atoms with Gasteiger partial charge in [0.05, 0.1) is 0 Å². The quantitative estimate of drug-likeness (QED) is 0.341. The summed E-state index contributed by atoms with van der Waals surface area (Å²) in [6.45, 7) is 4.11. The van der Waals surface area contributed by atoms with Gasteiger partial charge in [-0.3, -0.25) is 19.8 Å². The number of thiocarbonyl (C=S) groups is 1. The number of hydrogen-bond acceptors (Lipinski definition) is 5. The zero-order valence-electron chi connectivity index (χ0n) is 14.9. The molecule has 0 bridgehead atoms. The summed E-state index contributed by atoms with van der Waals surface area (Å²) in [5, 5.41) is 12.8. The van der Waals surface area contributed by atoms with Crippen molar-refractivity contribution >= 4 is 35.2 Å². The molecule has 1 saturated heterocycles. The molecule has 142 valence electrons. The van der Waals surface area contributed by atoms with Crippen molar-refractivity contribution in [3.63, 3.8) is 0 Å². The normalized spacial score (nSPS) is 15.5. The lowest BCUT2D eigenvalue weighted by atomic mass is 10.1. The average molecular weight is 394 g/mol. The van der Waals surface area contributed by atoms with Gasteiger partial charge in [0.15, 0.2) is 5.11 Å². The van der Waals surface area contributed by atoms with Gasteiger partial charge >= 0.3 is 0 Å². The monoisotopic (exact) mass is 394 g/mol. The molecule has 3 rings (SSSR count). The van der Waals surface area contributed by atoms with Crippen molar-refractivity contribution in [3.05, 3.63) is 77.9 Å². The fraction of sp³-hybridized carbons (Fsp3) is 0.0952. The van der Waals surface area contributed by atoms with E-state index in [9.17, 15) is 14.7 Å². The molecule has 0 atom stereocenters. The molecule has 7 heteroatoms. The number of benzene rings is 2. The zero-order valence-corrected chi connectivity index (χ0v) is 15.7. The minimum absolute atomic E-state index is 0.0286. The molecule has 1 aliphatic rings. The van der Waals surface area contributed by atoms with E-state index in [4.69, 9.17) is 17.0 Å². The number of carbonyl (C=O) groups is 2. The fourth-order valence-corrected chi connectivity index (χ4v) is 2.87. The van der Waals surface area contributed by atoms with Gasteiger partial charge in [-0.25, -0.2) is 0 Å². The standard InChI is InChI=1S/C21H18N2O4S/c1-2-10-23-20(26)17(19(25)22-21(23)28)11-15-8-9-16(12-18(15)24)27-13-14-6-4-3-5-7-14/h2-9,11-12,24H,1,10,13H2,(H,22,25,28)/b17-11+. The Kier molecular flexibility index (Phi) is 5.86. The van der Waals surface area contributed by atoms with Crippen LogP contribution < -0.4 is 10.1 Å². The molecule has 2 aromatic rings. The molecule has 28 heavy (non-hydrogen) atoms. The topological polar surface area (TPSA) is 78.9 Å². The van der Waals surface area contributed by atoms with Crippen molar-refractivity contribution in [1.82, 2.24) is 10.2 Å². The molecule has 0 radical (unpaired) electrons. The minimum atomic E-state index is -0.612. The molecule has 6 nitrogen and oxygen atoms in total. The van der Waals surface area contributed by atoms with E-state index >= 15 is 0 Å². The molecular formula is C21H18N2O4S. The number of amides is 2. The van der Waals surface area contributed by atoms with Gasteiger partial charge in [0.2, 0.25) is 0 Å². The highest BCUT2D eigenvalue weighted by Gasteiger charge is 2.32. The van der Waals surface area contributed by atoms with Gasteiger partial charge < -0.3 is 9.84 Å². The number of nitrogens with one attached hydrogen (secondary N) is 1. The third kappa shape index (κ3) is 4.27. The number of hydrogen-bond donors (Lipinski definition) is 2. The summed E-state index contributed by atoms with van der Waals surface area (Å²) in [5.74, 6) is -0.795. The predicted molar refractivity (Wildman–Crippen MR) is 110 cm³/mol. The summed E-state index contributed by atoms with van der Waals surface area (Å²) in [4.78, 5) is 25.9. The van der Waals surface area contributed by atoms with Crippen molar-refractivity contribution in [2.24, 2.45) is 0 Å². The highest BCUT2D eigenvalue weighted by molar-refractivity contribution is 7.80. The van der Waals surface area contributed by atoms with E-state index in [1.54, 1.807) is 12.1 Å². The molecule has 2 amide bonds. The number of phenolic OH excluding ortho intramolecular Hbond substituents is 1. The van der Waals surface area contributed by atoms with Gasteiger partial charge in [0.25, 0.3) is 11.8 Å². The maximum Gasteiger partial charge on any atom is 0.265 e. The lowest BCUT2D eigenvalue weighted by Crippen LogP contribution is -2.53. The molecule has 0 saturated carbocycles. The molecule has 0 aliphatic carbocycles. The average Bonchev–Trinajstić information content (AvgIpc) is 2.69. The molecular weight excluding hydrogens is 376 g/mol. The molecule has 0 spiro atoms. The van der Waals surface area contributed by atoms with E-state index in [0.717, 1.165) is 5.56 Å². The van der Waals surface area contributed by atoms with Gasteiger partial charge in [-0.1, -0.05) is 36.4 Å². The highest BCUT2D eigenvalue weighted by Crippen LogP contribution is 2.27. The van der Waals surface area contributed by atoms with Crippen LogP contribution in [0.1, 0.15) is 11.1 Å². The van der Waals surface area contributed by atoms with Crippen LogP contribution in [0.3, 0.4) is 0 Å². The maximum absolute atomic E-state index is 12.5. The number of carbonyl (C=O) groups excluding carboxylic acids is 2. The number of ether oxygens (including phenoxy) is 1. The smallest absolute Gasteiger partial charge is 0.265 e. The summed E-state index contributed by atoms with van der Waals surface area (Å²) < 4.78 is 5.66. The van der Waals surface area contributed by atoms with Crippen molar-refractivity contribution < 1.29 is 19.4 Å².